The molecule has 140 valence electrons. The Bertz CT molecular complexity index is 848. The Morgan fingerprint density at radius 3 is 2.38 bits per heavy atom. The second kappa shape index (κ2) is 9.05. The van der Waals surface area contributed by atoms with E-state index in [0.29, 0.717) is 30.2 Å². The highest BCUT2D eigenvalue weighted by Gasteiger charge is 2.19. The van der Waals surface area contributed by atoms with Gasteiger partial charge in [-0.05, 0) is 48.2 Å². The lowest BCUT2D eigenvalue weighted by atomic mass is 10.0. The van der Waals surface area contributed by atoms with Crippen LogP contribution in [0, 0.1) is 0 Å². The van der Waals surface area contributed by atoms with Crippen LogP contribution in [0.5, 0.6) is 5.75 Å². The zero-order valence-electron chi connectivity index (χ0n) is 14.7. The summed E-state index contributed by atoms with van der Waals surface area (Å²) < 4.78 is 30.4. The molecular formula is C19H22ClNO4S. The maximum Gasteiger partial charge on any atom is 0.339 e. The van der Waals surface area contributed by atoms with E-state index >= 15 is 0 Å². The molecule has 0 fully saturated rings. The van der Waals surface area contributed by atoms with Crippen LogP contribution in [-0.4, -0.2) is 20.2 Å². The highest BCUT2D eigenvalue weighted by molar-refractivity contribution is 7.87. The normalized spacial score (nSPS) is 11.4. The third-order valence-electron chi connectivity index (χ3n) is 3.70. The maximum absolute atomic E-state index is 12.5. The van der Waals surface area contributed by atoms with Crippen LogP contribution in [0.2, 0.25) is 0 Å². The van der Waals surface area contributed by atoms with Crippen molar-refractivity contribution in [3.8, 4) is 5.75 Å². The first-order valence-corrected chi connectivity index (χ1v) is 10.3. The number of para-hydroxylation sites is 1. The number of hydrogen-bond donors (Lipinski definition) is 1. The molecule has 0 saturated heterocycles. The van der Waals surface area contributed by atoms with Crippen molar-refractivity contribution in [3.05, 3.63) is 54.1 Å². The Hall–Kier alpha value is -2.05. The van der Waals surface area contributed by atoms with E-state index in [1.165, 1.54) is 24.3 Å². The van der Waals surface area contributed by atoms with Crippen LogP contribution in [0.3, 0.4) is 0 Å². The molecule has 26 heavy (non-hydrogen) atoms. The van der Waals surface area contributed by atoms with Crippen molar-refractivity contribution in [1.29, 1.82) is 0 Å². The van der Waals surface area contributed by atoms with Gasteiger partial charge < -0.3 is 9.50 Å². The minimum absolute atomic E-state index is 0.0230. The topological polar surface area (TPSA) is 72.5 Å². The molecule has 0 atom stereocenters. The van der Waals surface area contributed by atoms with Crippen LogP contribution in [0.25, 0.3) is 0 Å². The number of carbonyl (C=O) groups is 1. The molecule has 1 amide bonds. The molecular weight excluding hydrogens is 374 g/mol. The second-order valence-electron chi connectivity index (χ2n) is 6.10. The quantitative estimate of drug-likeness (QED) is 0.526. The fraction of sp³-hybridized carbons (Fsp3) is 0.316. The first kappa shape index (κ1) is 20.3. The lowest BCUT2D eigenvalue weighted by molar-refractivity contribution is -0.116. The van der Waals surface area contributed by atoms with Gasteiger partial charge >= 0.3 is 10.1 Å². The number of halogens is 1. The Morgan fingerprint density at radius 1 is 1.12 bits per heavy atom. The average molecular weight is 396 g/mol. The average Bonchev–Trinajstić information content (AvgIpc) is 2.60. The van der Waals surface area contributed by atoms with E-state index < -0.39 is 10.1 Å². The maximum atomic E-state index is 12.5. The van der Waals surface area contributed by atoms with E-state index in [9.17, 15) is 13.2 Å². The number of nitrogens with one attached hydrogen (secondary N) is 1. The molecule has 0 spiro atoms. The lowest BCUT2D eigenvalue weighted by Crippen LogP contribution is -2.13. The number of benzene rings is 2. The summed E-state index contributed by atoms with van der Waals surface area (Å²) in [5.74, 6) is 0.705. The molecule has 0 aliphatic heterocycles. The highest BCUT2D eigenvalue weighted by Crippen LogP contribution is 2.29. The smallest absolute Gasteiger partial charge is 0.339 e. The zero-order chi connectivity index (χ0) is 19.2. The van der Waals surface area contributed by atoms with Crippen LogP contribution in [0.15, 0.2) is 53.4 Å². The number of carbonyl (C=O) groups excluding carboxylic acids is 1. The summed E-state index contributed by atoms with van der Waals surface area (Å²) >= 11 is 5.56. The Balaban J connectivity index is 2.14. The molecule has 0 aromatic heterocycles. The van der Waals surface area contributed by atoms with Crippen molar-refractivity contribution >= 4 is 33.3 Å². The van der Waals surface area contributed by atoms with E-state index in [0.717, 1.165) is 5.56 Å². The Morgan fingerprint density at radius 2 is 1.77 bits per heavy atom. The van der Waals surface area contributed by atoms with E-state index in [1.54, 1.807) is 12.1 Å². The van der Waals surface area contributed by atoms with Gasteiger partial charge in [-0.2, -0.15) is 8.42 Å². The van der Waals surface area contributed by atoms with E-state index in [4.69, 9.17) is 15.8 Å². The van der Waals surface area contributed by atoms with Gasteiger partial charge in [-0.1, -0.05) is 32.0 Å². The summed E-state index contributed by atoms with van der Waals surface area (Å²) in [7, 11) is -3.96. The monoisotopic (exact) mass is 395 g/mol. The number of rotatable bonds is 8. The fourth-order valence-electron chi connectivity index (χ4n) is 2.36. The van der Waals surface area contributed by atoms with Crippen LogP contribution in [-0.2, 0) is 14.9 Å². The third-order valence-corrected chi connectivity index (χ3v) is 5.22. The van der Waals surface area contributed by atoms with Crippen LogP contribution in [0.1, 0.15) is 38.2 Å². The Labute approximate surface area is 159 Å². The number of amides is 1. The van der Waals surface area contributed by atoms with Gasteiger partial charge in [0.2, 0.25) is 5.91 Å². The molecule has 0 aliphatic carbocycles. The largest absolute Gasteiger partial charge is 0.379 e. The molecule has 2 aromatic carbocycles. The van der Waals surface area contributed by atoms with Gasteiger partial charge in [-0.15, -0.1) is 11.6 Å². The molecule has 0 aliphatic rings. The molecule has 0 bridgehead atoms. The van der Waals surface area contributed by atoms with Crippen molar-refractivity contribution < 1.29 is 17.4 Å². The van der Waals surface area contributed by atoms with E-state index in [1.807, 2.05) is 26.0 Å². The van der Waals surface area contributed by atoms with Crippen LogP contribution < -0.4 is 9.50 Å². The summed E-state index contributed by atoms with van der Waals surface area (Å²) in [4.78, 5) is 11.7. The fourth-order valence-corrected chi connectivity index (χ4v) is 3.44. The third kappa shape index (κ3) is 5.47. The summed E-state index contributed by atoms with van der Waals surface area (Å²) in [5.41, 5.74) is 1.34. The van der Waals surface area contributed by atoms with Crippen molar-refractivity contribution in [2.24, 2.45) is 0 Å². The molecule has 0 radical (unpaired) electrons. The molecule has 0 unspecified atom stereocenters. The molecule has 2 rings (SSSR count). The first-order valence-electron chi connectivity index (χ1n) is 8.33. The molecule has 1 N–H and O–H groups in total. The molecule has 5 nitrogen and oxygen atoms in total. The minimum atomic E-state index is -3.96. The van der Waals surface area contributed by atoms with Crippen molar-refractivity contribution in [3.63, 3.8) is 0 Å². The molecule has 7 heteroatoms. The van der Waals surface area contributed by atoms with Gasteiger partial charge in [0.25, 0.3) is 0 Å². The van der Waals surface area contributed by atoms with Gasteiger partial charge in [0.1, 0.15) is 10.6 Å². The van der Waals surface area contributed by atoms with Gasteiger partial charge in [-0.3, -0.25) is 4.79 Å². The van der Waals surface area contributed by atoms with E-state index in [2.05, 4.69) is 5.32 Å². The summed E-state index contributed by atoms with van der Waals surface area (Å²) in [6.45, 7) is 3.94. The van der Waals surface area contributed by atoms with Gasteiger partial charge in [0, 0.05) is 18.0 Å². The van der Waals surface area contributed by atoms with Gasteiger partial charge in [-0.25, -0.2) is 0 Å². The van der Waals surface area contributed by atoms with Gasteiger partial charge in [0.15, 0.2) is 0 Å². The molecule has 2 aromatic rings. The predicted molar refractivity (Wildman–Crippen MR) is 103 cm³/mol. The summed E-state index contributed by atoms with van der Waals surface area (Å²) in [6.07, 6.45) is 0.904. The van der Waals surface area contributed by atoms with E-state index in [-0.39, 0.29) is 16.7 Å². The summed E-state index contributed by atoms with van der Waals surface area (Å²) in [5, 5.41) is 2.70. The number of alkyl halides is 1. The standard InChI is InChI=1S/C19H22ClNO4S/c1-14(2)17-6-3-4-7-18(17)25-26(23,24)16-11-9-15(10-12-16)21-19(22)8-5-13-20/h3-4,6-7,9-12,14H,5,8,13H2,1-2H3,(H,21,22). The summed E-state index contributed by atoms with van der Waals surface area (Å²) in [6, 6.07) is 12.9. The Kier molecular flexibility index (Phi) is 7.06. The highest BCUT2D eigenvalue weighted by atomic mass is 35.5. The van der Waals surface area contributed by atoms with Crippen LogP contribution >= 0.6 is 11.6 Å². The van der Waals surface area contributed by atoms with Crippen molar-refractivity contribution in [2.45, 2.75) is 37.5 Å². The second-order valence-corrected chi connectivity index (χ2v) is 8.02. The van der Waals surface area contributed by atoms with Crippen molar-refractivity contribution in [1.82, 2.24) is 0 Å². The number of hydrogen-bond acceptors (Lipinski definition) is 4. The van der Waals surface area contributed by atoms with Crippen molar-refractivity contribution in [2.75, 3.05) is 11.2 Å². The van der Waals surface area contributed by atoms with Crippen LogP contribution in [0.4, 0.5) is 5.69 Å². The molecule has 0 heterocycles. The predicted octanol–water partition coefficient (Wildman–Crippen LogP) is 4.54. The zero-order valence-corrected chi connectivity index (χ0v) is 16.3. The number of anilines is 1. The SMILES string of the molecule is CC(C)c1ccccc1OS(=O)(=O)c1ccc(NC(=O)CCCCl)cc1. The van der Waals surface area contributed by atoms with Gasteiger partial charge in [0.05, 0.1) is 0 Å². The molecule has 0 saturated carbocycles. The first-order chi connectivity index (χ1) is 12.3. The lowest BCUT2D eigenvalue weighted by Gasteiger charge is -2.14. The minimum Gasteiger partial charge on any atom is -0.379 e.